The summed E-state index contributed by atoms with van der Waals surface area (Å²) in [6, 6.07) is 0. The van der Waals surface area contributed by atoms with Crippen LogP contribution in [0.25, 0.3) is 0 Å². The predicted octanol–water partition coefficient (Wildman–Crippen LogP) is -0.945. The van der Waals surface area contributed by atoms with E-state index in [0.29, 0.717) is 0 Å². The van der Waals surface area contributed by atoms with Gasteiger partial charge in [0.2, 0.25) is 0 Å². The summed E-state index contributed by atoms with van der Waals surface area (Å²) < 4.78 is 0. The summed E-state index contributed by atoms with van der Waals surface area (Å²) >= 11 is 0. The van der Waals surface area contributed by atoms with Crippen molar-refractivity contribution >= 4 is 0 Å². The van der Waals surface area contributed by atoms with Gasteiger partial charge < -0.3 is 24.8 Å². The van der Waals surface area contributed by atoms with Crippen molar-refractivity contribution in [1.82, 2.24) is 0 Å². The SMILES string of the molecule is C1=CCC2CC[CH-]C2=C1.[C-]1=CC=C2CCC=CC=C12.[Cl-].[Cl-].[Zr+4]. The summed E-state index contributed by atoms with van der Waals surface area (Å²) in [6.45, 7) is 0. The first-order chi connectivity index (χ1) is 9.43. The molecule has 1 unspecified atom stereocenters. The second kappa shape index (κ2) is 11.3. The quantitative estimate of drug-likeness (QED) is 0.452. The Morgan fingerprint density at radius 2 is 1.86 bits per heavy atom. The zero-order valence-electron chi connectivity index (χ0n) is 12.6. The molecule has 0 N–H and O–H groups in total. The molecular formula is C19H20Cl2Zr. The molecule has 1 fully saturated rings. The third kappa shape index (κ3) is 5.76. The smallest absolute Gasteiger partial charge is 1.00 e. The minimum atomic E-state index is 0. The molecule has 0 aliphatic heterocycles. The van der Waals surface area contributed by atoms with E-state index in [1.165, 1.54) is 43.3 Å². The molecule has 114 valence electrons. The van der Waals surface area contributed by atoms with Crippen molar-refractivity contribution in [3.63, 3.8) is 0 Å². The monoisotopic (exact) mass is 408 g/mol. The van der Waals surface area contributed by atoms with Crippen LogP contribution in [0.2, 0.25) is 0 Å². The summed E-state index contributed by atoms with van der Waals surface area (Å²) in [6.07, 6.45) is 29.2. The molecular weight excluding hydrogens is 390 g/mol. The van der Waals surface area contributed by atoms with Gasteiger partial charge in [0.25, 0.3) is 0 Å². The fourth-order valence-corrected chi connectivity index (χ4v) is 2.95. The topological polar surface area (TPSA) is 0 Å². The molecule has 0 aromatic carbocycles. The largest absolute Gasteiger partial charge is 4.00 e. The van der Waals surface area contributed by atoms with Gasteiger partial charge in [0.1, 0.15) is 0 Å². The molecule has 0 saturated heterocycles. The molecule has 0 aromatic rings. The van der Waals surface area contributed by atoms with E-state index in [1.807, 2.05) is 6.08 Å². The van der Waals surface area contributed by atoms with Crippen LogP contribution in [0, 0.1) is 18.4 Å². The van der Waals surface area contributed by atoms with E-state index in [1.54, 1.807) is 5.57 Å². The van der Waals surface area contributed by atoms with Crippen LogP contribution < -0.4 is 24.8 Å². The molecule has 3 heteroatoms. The Labute approximate surface area is 166 Å². The van der Waals surface area contributed by atoms with Crippen LogP contribution in [0.15, 0.2) is 65.3 Å². The molecule has 0 spiro atoms. The van der Waals surface area contributed by atoms with Crippen LogP contribution in [0.4, 0.5) is 0 Å². The van der Waals surface area contributed by atoms with Gasteiger partial charge in [-0.1, -0.05) is 18.9 Å². The zero-order valence-corrected chi connectivity index (χ0v) is 16.5. The van der Waals surface area contributed by atoms with E-state index >= 15 is 0 Å². The summed E-state index contributed by atoms with van der Waals surface area (Å²) in [5.74, 6) is 0.884. The van der Waals surface area contributed by atoms with Gasteiger partial charge in [-0.05, 0) is 18.8 Å². The number of hydrogen-bond donors (Lipinski definition) is 0. The average Bonchev–Trinajstić information content (AvgIpc) is 3.04. The molecule has 22 heavy (non-hydrogen) atoms. The van der Waals surface area contributed by atoms with Crippen LogP contribution in [0.1, 0.15) is 32.1 Å². The van der Waals surface area contributed by atoms with Crippen molar-refractivity contribution in [2.45, 2.75) is 32.1 Å². The van der Waals surface area contributed by atoms with Gasteiger partial charge in [-0.2, -0.15) is 23.3 Å². The van der Waals surface area contributed by atoms with Crippen LogP contribution in [-0.4, -0.2) is 0 Å². The Morgan fingerprint density at radius 3 is 2.68 bits per heavy atom. The minimum absolute atomic E-state index is 0. The second-order valence-electron chi connectivity index (χ2n) is 5.36. The first kappa shape index (κ1) is 21.8. The minimum Gasteiger partial charge on any atom is -1.00 e. The fraction of sp³-hybridized carbons (Fsp3) is 0.316. The van der Waals surface area contributed by atoms with Gasteiger partial charge >= 0.3 is 26.2 Å². The van der Waals surface area contributed by atoms with E-state index < -0.39 is 0 Å². The number of hydrogen-bond acceptors (Lipinski definition) is 0. The Morgan fingerprint density at radius 1 is 1.05 bits per heavy atom. The van der Waals surface area contributed by atoms with Crippen molar-refractivity contribution in [2.24, 2.45) is 5.92 Å². The van der Waals surface area contributed by atoms with Crippen LogP contribution in [0.3, 0.4) is 0 Å². The predicted molar refractivity (Wildman–Crippen MR) is 81.2 cm³/mol. The van der Waals surface area contributed by atoms with Crippen molar-refractivity contribution < 1.29 is 51.0 Å². The molecule has 0 nitrogen and oxygen atoms in total. The van der Waals surface area contributed by atoms with Crippen LogP contribution in [0.5, 0.6) is 0 Å². The second-order valence-corrected chi connectivity index (χ2v) is 5.36. The molecule has 1 saturated carbocycles. The third-order valence-corrected chi connectivity index (χ3v) is 4.06. The first-order valence-corrected chi connectivity index (χ1v) is 7.29. The number of fused-ring (bicyclic) bond motifs is 2. The van der Waals surface area contributed by atoms with E-state index in [2.05, 4.69) is 55.0 Å². The molecule has 0 radical (unpaired) electrons. The Bertz CT molecular complexity index is 522. The Balaban J connectivity index is 0.000000354. The first-order valence-electron chi connectivity index (χ1n) is 7.29. The maximum Gasteiger partial charge on any atom is 4.00 e. The Hall–Kier alpha value is -0.227. The number of rotatable bonds is 0. The van der Waals surface area contributed by atoms with E-state index in [9.17, 15) is 0 Å². The number of halogens is 2. The summed E-state index contributed by atoms with van der Waals surface area (Å²) in [5.41, 5.74) is 4.29. The summed E-state index contributed by atoms with van der Waals surface area (Å²) in [5, 5.41) is 0. The van der Waals surface area contributed by atoms with E-state index in [0.717, 1.165) is 5.92 Å². The van der Waals surface area contributed by atoms with E-state index in [-0.39, 0.29) is 51.0 Å². The summed E-state index contributed by atoms with van der Waals surface area (Å²) in [7, 11) is 0. The maximum atomic E-state index is 3.19. The van der Waals surface area contributed by atoms with Gasteiger partial charge in [0.15, 0.2) is 0 Å². The van der Waals surface area contributed by atoms with Crippen molar-refractivity contribution in [1.29, 1.82) is 0 Å². The normalized spacial score (nSPS) is 22.5. The van der Waals surface area contributed by atoms with Crippen LogP contribution >= 0.6 is 0 Å². The molecule has 0 bridgehead atoms. The maximum absolute atomic E-state index is 3.19. The van der Waals surface area contributed by atoms with Gasteiger partial charge in [-0.15, -0.1) is 36.8 Å². The average molecular weight is 410 g/mol. The third-order valence-electron chi connectivity index (χ3n) is 4.06. The molecule has 4 rings (SSSR count). The molecule has 0 heterocycles. The molecule has 0 amide bonds. The van der Waals surface area contributed by atoms with Gasteiger partial charge in [-0.25, -0.2) is 18.1 Å². The standard InChI is InChI=1S/C10H9.C9H11.2ClH.Zr/c1-2-5-9-7-4-8-10(9)6-3-1;1-2-5-9-7-3-6-8(9)4-1;;;/h1-2,4-5,8H,3,6H2;1-2,4,6,9H,3,5,7H2;2*1H;/q2*-1;;;+4/p-2. The summed E-state index contributed by atoms with van der Waals surface area (Å²) in [4.78, 5) is 0. The number of allylic oxidation sites excluding steroid dienone is 12. The fourth-order valence-electron chi connectivity index (χ4n) is 2.95. The van der Waals surface area contributed by atoms with Crippen molar-refractivity contribution in [3.05, 3.63) is 77.8 Å². The van der Waals surface area contributed by atoms with Crippen LogP contribution in [-0.2, 0) is 26.2 Å². The molecule has 4 aliphatic rings. The van der Waals surface area contributed by atoms with Gasteiger partial charge in [0.05, 0.1) is 0 Å². The molecule has 1 atom stereocenters. The molecule has 0 aromatic heterocycles. The Kier molecular flexibility index (Phi) is 11.2. The van der Waals surface area contributed by atoms with Gasteiger partial charge in [0, 0.05) is 0 Å². The van der Waals surface area contributed by atoms with Crippen molar-refractivity contribution in [3.8, 4) is 0 Å². The van der Waals surface area contributed by atoms with Crippen molar-refractivity contribution in [2.75, 3.05) is 0 Å². The van der Waals surface area contributed by atoms with E-state index in [4.69, 9.17) is 0 Å². The van der Waals surface area contributed by atoms with Gasteiger partial charge in [-0.3, -0.25) is 0 Å². The zero-order chi connectivity index (χ0) is 12.9. The molecule has 4 aliphatic carbocycles.